The minimum Gasteiger partial charge on any atom is -0.457 e. The quantitative estimate of drug-likeness (QED) is 0.160. The molecule has 5 nitrogen and oxygen atoms in total. The Bertz CT molecular complexity index is 2240. The van der Waals surface area contributed by atoms with E-state index < -0.39 is 0 Å². The third-order valence-electron chi connectivity index (χ3n) is 10.6. The molecule has 258 valence electrons. The Labute approximate surface area is 298 Å². The SMILES string of the molecule is CC1=CCCC(C)[C@H]1c1c(C)nn(-c2cc(Oc3ccc4c5ccccc5n(-c5cc(C(C)C)ccn5)c4c3)cc(C(C)C)c2)c1C(C)(C)C. The zero-order valence-electron chi connectivity index (χ0n) is 31.5. The van der Waals surface area contributed by atoms with Crippen LogP contribution in [0.2, 0.25) is 0 Å². The maximum absolute atomic E-state index is 6.82. The summed E-state index contributed by atoms with van der Waals surface area (Å²) in [5.41, 5.74) is 10.9. The molecular weight excluding hydrogens is 613 g/mol. The van der Waals surface area contributed by atoms with Gasteiger partial charge < -0.3 is 4.74 Å². The number of nitrogens with zero attached hydrogens (tertiary/aromatic N) is 4. The van der Waals surface area contributed by atoms with E-state index in [1.807, 2.05) is 6.20 Å². The molecule has 0 aliphatic heterocycles. The molecule has 0 N–H and O–H groups in total. The first-order valence-electron chi connectivity index (χ1n) is 18.4. The van der Waals surface area contributed by atoms with Crippen LogP contribution >= 0.6 is 0 Å². The maximum atomic E-state index is 6.82. The van der Waals surface area contributed by atoms with Gasteiger partial charge in [-0.1, -0.05) is 85.2 Å². The van der Waals surface area contributed by atoms with Crippen molar-refractivity contribution in [2.45, 2.75) is 105 Å². The lowest BCUT2D eigenvalue weighted by Crippen LogP contribution is -2.24. The van der Waals surface area contributed by atoms with Gasteiger partial charge in [-0.15, -0.1) is 0 Å². The number of hydrogen-bond acceptors (Lipinski definition) is 3. The van der Waals surface area contributed by atoms with Crippen LogP contribution in [-0.2, 0) is 5.41 Å². The number of rotatable bonds is 7. The molecule has 0 amide bonds. The highest BCUT2D eigenvalue weighted by Gasteiger charge is 2.35. The van der Waals surface area contributed by atoms with Gasteiger partial charge in [-0.25, -0.2) is 9.67 Å². The number of pyridine rings is 1. The summed E-state index contributed by atoms with van der Waals surface area (Å²) in [5.74, 6) is 4.20. The van der Waals surface area contributed by atoms with Crippen molar-refractivity contribution in [1.82, 2.24) is 19.3 Å². The van der Waals surface area contributed by atoms with Crippen LogP contribution < -0.4 is 4.74 Å². The predicted octanol–water partition coefficient (Wildman–Crippen LogP) is 12.5. The number of fused-ring (bicyclic) bond motifs is 3. The molecule has 1 aliphatic carbocycles. The molecule has 50 heavy (non-hydrogen) atoms. The van der Waals surface area contributed by atoms with Gasteiger partial charge in [0.1, 0.15) is 17.3 Å². The lowest BCUT2D eigenvalue weighted by atomic mass is 9.72. The van der Waals surface area contributed by atoms with Crippen LogP contribution in [0.5, 0.6) is 11.5 Å². The first-order valence-corrected chi connectivity index (χ1v) is 18.4. The molecule has 3 aromatic carbocycles. The molecule has 1 aliphatic rings. The Kier molecular flexibility index (Phi) is 8.74. The molecule has 7 rings (SSSR count). The zero-order valence-corrected chi connectivity index (χ0v) is 31.5. The van der Waals surface area contributed by atoms with Crippen molar-refractivity contribution in [2.24, 2.45) is 5.92 Å². The van der Waals surface area contributed by atoms with Crippen LogP contribution in [0, 0.1) is 12.8 Å². The lowest BCUT2D eigenvalue weighted by Gasteiger charge is -2.32. The summed E-state index contributed by atoms with van der Waals surface area (Å²) in [6.45, 7) is 22.8. The Hall–Kier alpha value is -4.64. The molecule has 3 heterocycles. The molecule has 2 atom stereocenters. The first kappa shape index (κ1) is 33.8. The fourth-order valence-electron chi connectivity index (χ4n) is 8.08. The third-order valence-corrected chi connectivity index (χ3v) is 10.6. The molecule has 6 aromatic rings. The highest BCUT2D eigenvalue weighted by atomic mass is 16.5. The first-order chi connectivity index (χ1) is 23.8. The summed E-state index contributed by atoms with van der Waals surface area (Å²) in [6.07, 6.45) is 6.73. The van der Waals surface area contributed by atoms with Gasteiger partial charge in [0.05, 0.1) is 28.1 Å². The van der Waals surface area contributed by atoms with Crippen molar-refractivity contribution in [3.63, 3.8) is 0 Å². The van der Waals surface area contributed by atoms with Gasteiger partial charge in [-0.2, -0.15) is 5.10 Å². The van der Waals surface area contributed by atoms with E-state index in [0.29, 0.717) is 23.7 Å². The fourth-order valence-corrected chi connectivity index (χ4v) is 8.08. The fraction of sp³-hybridized carbons (Fsp3) is 0.378. The molecule has 0 saturated carbocycles. The minimum atomic E-state index is -0.109. The second-order valence-corrected chi connectivity index (χ2v) is 16.1. The smallest absolute Gasteiger partial charge is 0.137 e. The molecule has 0 radical (unpaired) electrons. The Morgan fingerprint density at radius 2 is 1.54 bits per heavy atom. The van der Waals surface area contributed by atoms with E-state index in [0.717, 1.165) is 46.2 Å². The van der Waals surface area contributed by atoms with E-state index in [9.17, 15) is 0 Å². The molecule has 0 saturated heterocycles. The lowest BCUT2D eigenvalue weighted by molar-refractivity contribution is 0.437. The van der Waals surface area contributed by atoms with E-state index in [1.54, 1.807) is 0 Å². The third kappa shape index (κ3) is 6.05. The van der Waals surface area contributed by atoms with Crippen LogP contribution in [0.1, 0.15) is 121 Å². The van der Waals surface area contributed by atoms with E-state index >= 15 is 0 Å². The van der Waals surface area contributed by atoms with Crippen molar-refractivity contribution in [1.29, 1.82) is 0 Å². The van der Waals surface area contributed by atoms with Crippen LogP contribution in [0.3, 0.4) is 0 Å². The minimum absolute atomic E-state index is 0.109. The summed E-state index contributed by atoms with van der Waals surface area (Å²) in [7, 11) is 0. The van der Waals surface area contributed by atoms with Crippen molar-refractivity contribution in [3.8, 4) is 23.0 Å². The van der Waals surface area contributed by atoms with Crippen LogP contribution in [-0.4, -0.2) is 19.3 Å². The molecule has 0 bridgehead atoms. The molecule has 5 heteroatoms. The summed E-state index contributed by atoms with van der Waals surface area (Å²) in [4.78, 5) is 4.84. The molecular formula is C45H52N4O. The van der Waals surface area contributed by atoms with E-state index in [-0.39, 0.29) is 5.41 Å². The van der Waals surface area contributed by atoms with Crippen molar-refractivity contribution in [2.75, 3.05) is 0 Å². The number of aryl methyl sites for hydroxylation is 1. The van der Waals surface area contributed by atoms with E-state index in [1.165, 1.54) is 45.2 Å². The number of benzene rings is 3. The molecule has 0 fully saturated rings. The van der Waals surface area contributed by atoms with Gasteiger partial charge >= 0.3 is 0 Å². The summed E-state index contributed by atoms with van der Waals surface area (Å²) >= 11 is 0. The van der Waals surface area contributed by atoms with Gasteiger partial charge in [0.25, 0.3) is 0 Å². The van der Waals surface area contributed by atoms with Gasteiger partial charge in [-0.3, -0.25) is 4.57 Å². The van der Waals surface area contributed by atoms with E-state index in [4.69, 9.17) is 14.8 Å². The Morgan fingerprint density at radius 1 is 0.800 bits per heavy atom. The largest absolute Gasteiger partial charge is 0.457 e. The number of aromatic nitrogens is 4. The predicted molar refractivity (Wildman–Crippen MR) is 209 cm³/mol. The van der Waals surface area contributed by atoms with Crippen LogP contribution in [0.15, 0.2) is 90.6 Å². The van der Waals surface area contributed by atoms with Crippen molar-refractivity contribution >= 4 is 21.8 Å². The second kappa shape index (κ2) is 12.9. The average molecular weight is 665 g/mol. The summed E-state index contributed by atoms with van der Waals surface area (Å²) in [6, 6.07) is 26.0. The Balaban J connectivity index is 1.36. The normalized spacial score (nSPS) is 16.9. The van der Waals surface area contributed by atoms with Crippen LogP contribution in [0.4, 0.5) is 0 Å². The van der Waals surface area contributed by atoms with Gasteiger partial charge in [0.15, 0.2) is 0 Å². The van der Waals surface area contributed by atoms with E-state index in [2.05, 4.69) is 157 Å². The second-order valence-electron chi connectivity index (χ2n) is 16.1. The zero-order chi connectivity index (χ0) is 35.5. The highest BCUT2D eigenvalue weighted by Crippen LogP contribution is 2.45. The summed E-state index contributed by atoms with van der Waals surface area (Å²) < 4.78 is 11.3. The van der Waals surface area contributed by atoms with Gasteiger partial charge in [0, 0.05) is 46.0 Å². The number of ether oxygens (including phenoxy) is 1. The standard InChI is InChI=1S/C45H52N4O/c1-27(2)32-20-21-46-41(24-32)48-39-17-12-11-16-37(39)38-19-18-35(26-40(38)48)50-36-23-33(28(3)4)22-34(25-36)49-44(45(8,9)10)43(31(7)47-49)42-29(5)14-13-15-30(42)6/h11-12,14,16-28,30,42H,13,15H2,1-10H3/t30?,42-/m0/s1. The Morgan fingerprint density at radius 3 is 2.26 bits per heavy atom. The highest BCUT2D eigenvalue weighted by molar-refractivity contribution is 6.09. The number of allylic oxidation sites excluding steroid dienone is 2. The maximum Gasteiger partial charge on any atom is 0.137 e. The number of para-hydroxylation sites is 1. The van der Waals surface area contributed by atoms with Crippen molar-refractivity contribution < 1.29 is 4.74 Å². The monoisotopic (exact) mass is 664 g/mol. The molecule has 0 spiro atoms. The summed E-state index contributed by atoms with van der Waals surface area (Å²) in [5, 5.41) is 7.67. The molecule has 1 unspecified atom stereocenters. The topological polar surface area (TPSA) is 44.9 Å². The van der Waals surface area contributed by atoms with Gasteiger partial charge in [0.2, 0.25) is 0 Å². The average Bonchev–Trinajstić information content (AvgIpc) is 3.59. The molecule has 3 aromatic heterocycles. The van der Waals surface area contributed by atoms with Crippen LogP contribution in [0.25, 0.3) is 33.3 Å². The van der Waals surface area contributed by atoms with Gasteiger partial charge in [-0.05, 0) is 98.0 Å². The number of hydrogen-bond donors (Lipinski definition) is 0. The van der Waals surface area contributed by atoms with Crippen molar-refractivity contribution in [3.05, 3.63) is 119 Å².